The van der Waals surface area contributed by atoms with E-state index in [1.54, 1.807) is 0 Å². The van der Waals surface area contributed by atoms with Crippen molar-refractivity contribution in [3.63, 3.8) is 0 Å². The molecule has 0 N–H and O–H groups in total. The number of unbranched alkanes of at least 4 members (excludes halogenated alkanes) is 5. The molecule has 0 radical (unpaired) electrons. The molecule has 2 unspecified atom stereocenters. The molecule has 2 heteroatoms. The van der Waals surface area contributed by atoms with Gasteiger partial charge in [-0.25, -0.2) is 0 Å². The lowest BCUT2D eigenvalue weighted by atomic mass is 9.90. The molecule has 0 amide bonds. The molecule has 1 aromatic carbocycles. The quantitative estimate of drug-likeness (QED) is 0.487. The minimum Gasteiger partial charge on any atom is -0.378 e. The van der Waals surface area contributed by atoms with Gasteiger partial charge < -0.3 is 4.74 Å². The summed E-state index contributed by atoms with van der Waals surface area (Å²) in [6, 6.07) is 8.73. The van der Waals surface area contributed by atoms with Crippen molar-refractivity contribution in [3.8, 4) is 0 Å². The van der Waals surface area contributed by atoms with Crippen molar-refractivity contribution in [1.82, 2.24) is 0 Å². The van der Waals surface area contributed by atoms with E-state index < -0.39 is 0 Å². The van der Waals surface area contributed by atoms with Crippen LogP contribution in [0.5, 0.6) is 0 Å². The number of ether oxygens (including phenoxy) is 1. The maximum Gasteiger partial charge on any atom is 0.0575 e. The van der Waals surface area contributed by atoms with Gasteiger partial charge in [-0.15, -0.1) is 0 Å². The Bertz CT molecular complexity index is 379. The molecule has 1 nitrogen and oxygen atoms in total. The summed E-state index contributed by atoms with van der Waals surface area (Å²) < 4.78 is 7.25. The van der Waals surface area contributed by atoms with Gasteiger partial charge in [-0.05, 0) is 37.0 Å². The Kier molecular flexibility index (Phi) is 7.81. The van der Waals surface area contributed by atoms with E-state index in [-0.39, 0.29) is 0 Å². The van der Waals surface area contributed by atoms with Crippen LogP contribution in [0.15, 0.2) is 28.7 Å². The lowest BCUT2D eigenvalue weighted by Crippen LogP contribution is -2.24. The van der Waals surface area contributed by atoms with Crippen LogP contribution in [-0.4, -0.2) is 12.7 Å². The molecule has 1 aliphatic rings. The maximum atomic E-state index is 6.09. The van der Waals surface area contributed by atoms with E-state index in [9.17, 15) is 0 Å². The Morgan fingerprint density at radius 3 is 2.38 bits per heavy atom. The third-order valence-electron chi connectivity index (χ3n) is 4.59. The van der Waals surface area contributed by atoms with Crippen LogP contribution in [-0.2, 0) is 4.74 Å². The summed E-state index contributed by atoms with van der Waals surface area (Å²) in [6.07, 6.45) is 12.6. The van der Waals surface area contributed by atoms with Crippen molar-refractivity contribution in [2.75, 3.05) is 6.61 Å². The van der Waals surface area contributed by atoms with Gasteiger partial charge in [-0.1, -0.05) is 73.5 Å². The van der Waals surface area contributed by atoms with Gasteiger partial charge in [-0.3, -0.25) is 0 Å². The monoisotopic (exact) mass is 352 g/mol. The molecular weight excluding hydrogens is 324 g/mol. The molecule has 1 aromatic rings. The van der Waals surface area contributed by atoms with E-state index in [0.29, 0.717) is 12.0 Å². The van der Waals surface area contributed by atoms with Gasteiger partial charge in [0, 0.05) is 10.4 Å². The molecule has 1 fully saturated rings. The summed E-state index contributed by atoms with van der Waals surface area (Å²) in [6.45, 7) is 3.18. The van der Waals surface area contributed by atoms with Crippen molar-refractivity contribution < 1.29 is 4.74 Å². The Labute approximate surface area is 138 Å². The van der Waals surface area contributed by atoms with E-state index in [2.05, 4.69) is 47.1 Å². The SMILES string of the molecule is CCCCCCCCC1CCC(c2ccc(Br)cc2)CO1. The highest BCUT2D eigenvalue weighted by Crippen LogP contribution is 2.30. The average molecular weight is 353 g/mol. The van der Waals surface area contributed by atoms with Crippen LogP contribution in [0.4, 0.5) is 0 Å². The van der Waals surface area contributed by atoms with Gasteiger partial charge in [-0.2, -0.15) is 0 Å². The first-order valence-corrected chi connectivity index (χ1v) is 9.46. The predicted octanol–water partition coefficient (Wildman–Crippen LogP) is 6.46. The van der Waals surface area contributed by atoms with Gasteiger partial charge in [0.05, 0.1) is 12.7 Å². The van der Waals surface area contributed by atoms with E-state index in [1.807, 2.05) is 0 Å². The topological polar surface area (TPSA) is 9.23 Å². The third-order valence-corrected chi connectivity index (χ3v) is 5.12. The van der Waals surface area contributed by atoms with Crippen LogP contribution in [0.3, 0.4) is 0 Å². The molecule has 2 rings (SSSR count). The van der Waals surface area contributed by atoms with Crippen molar-refractivity contribution in [1.29, 1.82) is 0 Å². The van der Waals surface area contributed by atoms with Crippen molar-refractivity contribution in [3.05, 3.63) is 34.3 Å². The normalized spacial score (nSPS) is 22.4. The zero-order valence-corrected chi connectivity index (χ0v) is 14.9. The minimum atomic E-state index is 0.517. The molecule has 0 saturated carbocycles. The first-order valence-electron chi connectivity index (χ1n) is 8.66. The van der Waals surface area contributed by atoms with Gasteiger partial charge in [0.15, 0.2) is 0 Å². The number of hydrogen-bond acceptors (Lipinski definition) is 1. The Hall–Kier alpha value is -0.340. The van der Waals surface area contributed by atoms with Crippen LogP contribution in [0.25, 0.3) is 0 Å². The number of halogens is 1. The second kappa shape index (κ2) is 9.63. The van der Waals surface area contributed by atoms with E-state index in [4.69, 9.17) is 4.74 Å². The fourth-order valence-corrected chi connectivity index (χ4v) is 3.45. The summed E-state index contributed by atoms with van der Waals surface area (Å²) >= 11 is 3.50. The largest absolute Gasteiger partial charge is 0.378 e. The van der Waals surface area contributed by atoms with Crippen LogP contribution in [0.1, 0.15) is 76.2 Å². The minimum absolute atomic E-state index is 0.517. The Morgan fingerprint density at radius 2 is 1.71 bits per heavy atom. The summed E-state index contributed by atoms with van der Waals surface area (Å²) in [5.74, 6) is 0.596. The van der Waals surface area contributed by atoms with Crippen molar-refractivity contribution in [2.24, 2.45) is 0 Å². The molecule has 1 heterocycles. The molecule has 118 valence electrons. The zero-order chi connectivity index (χ0) is 14.9. The Morgan fingerprint density at radius 1 is 1.00 bits per heavy atom. The first-order chi connectivity index (χ1) is 10.3. The summed E-state index contributed by atoms with van der Waals surface area (Å²) in [7, 11) is 0. The molecule has 0 bridgehead atoms. The number of rotatable bonds is 8. The highest BCUT2D eigenvalue weighted by molar-refractivity contribution is 9.10. The molecule has 0 spiro atoms. The lowest BCUT2D eigenvalue weighted by Gasteiger charge is -2.29. The first kappa shape index (κ1) is 17.0. The molecule has 2 atom stereocenters. The highest BCUT2D eigenvalue weighted by Gasteiger charge is 2.22. The Balaban J connectivity index is 1.61. The second-order valence-corrected chi connectivity index (χ2v) is 7.25. The predicted molar refractivity (Wildman–Crippen MR) is 93.9 cm³/mol. The van der Waals surface area contributed by atoms with Crippen LogP contribution < -0.4 is 0 Å². The maximum absolute atomic E-state index is 6.09. The van der Waals surface area contributed by atoms with Crippen molar-refractivity contribution >= 4 is 15.9 Å². The second-order valence-electron chi connectivity index (χ2n) is 6.34. The average Bonchev–Trinajstić information content (AvgIpc) is 2.52. The molecule has 0 aromatic heterocycles. The highest BCUT2D eigenvalue weighted by atomic mass is 79.9. The van der Waals surface area contributed by atoms with Gasteiger partial charge in [0.1, 0.15) is 0 Å². The zero-order valence-electron chi connectivity index (χ0n) is 13.3. The molecular formula is C19H29BrO. The van der Waals surface area contributed by atoms with E-state index in [0.717, 1.165) is 11.1 Å². The summed E-state index contributed by atoms with van der Waals surface area (Å²) in [5.41, 5.74) is 1.43. The van der Waals surface area contributed by atoms with E-state index in [1.165, 1.54) is 63.4 Å². The summed E-state index contributed by atoms with van der Waals surface area (Å²) in [5, 5.41) is 0. The van der Waals surface area contributed by atoms with Crippen LogP contribution in [0.2, 0.25) is 0 Å². The lowest BCUT2D eigenvalue weighted by molar-refractivity contribution is -0.00214. The van der Waals surface area contributed by atoms with Crippen LogP contribution in [0, 0.1) is 0 Å². The standard InChI is InChI=1S/C19H29BrO/c1-2-3-4-5-6-7-8-19-14-11-17(15-21-19)16-9-12-18(20)13-10-16/h9-10,12-13,17,19H,2-8,11,14-15H2,1H3. The van der Waals surface area contributed by atoms with Gasteiger partial charge >= 0.3 is 0 Å². The van der Waals surface area contributed by atoms with E-state index >= 15 is 0 Å². The van der Waals surface area contributed by atoms with Gasteiger partial charge in [0.25, 0.3) is 0 Å². The summed E-state index contributed by atoms with van der Waals surface area (Å²) in [4.78, 5) is 0. The van der Waals surface area contributed by atoms with Crippen molar-refractivity contribution in [2.45, 2.75) is 76.7 Å². The smallest absolute Gasteiger partial charge is 0.0575 e. The fraction of sp³-hybridized carbons (Fsp3) is 0.684. The third kappa shape index (κ3) is 6.12. The fourth-order valence-electron chi connectivity index (χ4n) is 3.18. The molecule has 21 heavy (non-hydrogen) atoms. The number of benzene rings is 1. The molecule has 1 aliphatic heterocycles. The number of hydrogen-bond donors (Lipinski definition) is 0. The van der Waals surface area contributed by atoms with Crippen LogP contribution >= 0.6 is 15.9 Å². The molecule has 1 saturated heterocycles. The molecule has 0 aliphatic carbocycles. The van der Waals surface area contributed by atoms with Gasteiger partial charge in [0.2, 0.25) is 0 Å².